The van der Waals surface area contributed by atoms with Crippen molar-refractivity contribution in [2.45, 2.75) is 25.8 Å². The number of hydrogen-bond donors (Lipinski definition) is 0. The molecule has 2 aliphatic heterocycles. The second kappa shape index (κ2) is 8.35. The molecule has 0 saturated carbocycles. The minimum absolute atomic E-state index is 0.0707. The standard InChI is InChI=1S/C20H27N5O4S/c1-30(28,29)24-14-12-22(13-15-24)18(26)8-11-25-17-7-3-2-6-16(17)21-19(20(25)27)23-9-4-5-10-23/h2-3,6-7H,4-5,8-15H2,1H3. The monoisotopic (exact) mass is 433 g/mol. The lowest BCUT2D eigenvalue weighted by Crippen LogP contribution is -2.50. The van der Waals surface area contributed by atoms with Crippen LogP contribution in [0.15, 0.2) is 29.1 Å². The van der Waals surface area contributed by atoms with E-state index >= 15 is 0 Å². The molecule has 2 fully saturated rings. The van der Waals surface area contributed by atoms with Crippen LogP contribution in [0.25, 0.3) is 11.0 Å². The molecule has 0 aliphatic carbocycles. The molecule has 0 unspecified atom stereocenters. The molecule has 30 heavy (non-hydrogen) atoms. The molecule has 0 N–H and O–H groups in total. The Balaban J connectivity index is 1.52. The lowest BCUT2D eigenvalue weighted by atomic mass is 10.2. The lowest BCUT2D eigenvalue weighted by molar-refractivity contribution is -0.132. The Labute approximate surface area is 175 Å². The normalized spacial score (nSPS) is 18.3. The Morgan fingerprint density at radius 2 is 1.70 bits per heavy atom. The number of nitrogens with zero attached hydrogens (tertiary/aromatic N) is 5. The average Bonchev–Trinajstić information content (AvgIpc) is 3.26. The van der Waals surface area contributed by atoms with Crippen LogP contribution in [0.1, 0.15) is 19.3 Å². The zero-order valence-corrected chi connectivity index (χ0v) is 18.0. The minimum Gasteiger partial charge on any atom is -0.352 e. The highest BCUT2D eigenvalue weighted by Gasteiger charge is 2.26. The molecule has 0 bridgehead atoms. The summed E-state index contributed by atoms with van der Waals surface area (Å²) in [4.78, 5) is 34.2. The molecule has 1 aromatic carbocycles. The van der Waals surface area contributed by atoms with Crippen molar-refractivity contribution in [3.63, 3.8) is 0 Å². The number of fused-ring (bicyclic) bond motifs is 1. The Morgan fingerprint density at radius 3 is 2.37 bits per heavy atom. The van der Waals surface area contributed by atoms with Crippen LogP contribution in [0, 0.1) is 0 Å². The maximum atomic E-state index is 13.2. The molecule has 1 amide bonds. The van der Waals surface area contributed by atoms with E-state index in [0.717, 1.165) is 37.0 Å². The van der Waals surface area contributed by atoms with E-state index in [1.54, 1.807) is 9.47 Å². The molecule has 2 aromatic rings. The summed E-state index contributed by atoms with van der Waals surface area (Å²) in [5, 5.41) is 0. The number of benzene rings is 1. The van der Waals surface area contributed by atoms with Gasteiger partial charge in [-0.15, -0.1) is 0 Å². The number of rotatable bonds is 5. The van der Waals surface area contributed by atoms with Gasteiger partial charge < -0.3 is 14.4 Å². The van der Waals surface area contributed by atoms with Crippen LogP contribution in [0.3, 0.4) is 0 Å². The van der Waals surface area contributed by atoms with Crippen molar-refractivity contribution >= 4 is 32.8 Å². The quantitative estimate of drug-likeness (QED) is 0.681. The first-order chi connectivity index (χ1) is 14.3. The van der Waals surface area contributed by atoms with E-state index in [4.69, 9.17) is 0 Å². The molecule has 3 heterocycles. The fourth-order valence-electron chi connectivity index (χ4n) is 4.17. The Bertz CT molecular complexity index is 1100. The smallest absolute Gasteiger partial charge is 0.294 e. The van der Waals surface area contributed by atoms with Gasteiger partial charge in [-0.2, -0.15) is 4.31 Å². The Morgan fingerprint density at radius 1 is 1.03 bits per heavy atom. The van der Waals surface area contributed by atoms with E-state index in [0.29, 0.717) is 32.0 Å². The first kappa shape index (κ1) is 20.8. The third-order valence-electron chi connectivity index (χ3n) is 5.85. The van der Waals surface area contributed by atoms with Crippen molar-refractivity contribution in [1.29, 1.82) is 0 Å². The van der Waals surface area contributed by atoms with Crippen LogP contribution in [-0.4, -0.2) is 78.6 Å². The number of aryl methyl sites for hydroxylation is 1. The van der Waals surface area contributed by atoms with Gasteiger partial charge in [0.05, 0.1) is 17.3 Å². The predicted molar refractivity (Wildman–Crippen MR) is 115 cm³/mol. The van der Waals surface area contributed by atoms with Crippen LogP contribution in [0.4, 0.5) is 5.82 Å². The summed E-state index contributed by atoms with van der Waals surface area (Å²) < 4.78 is 26.3. The molecular weight excluding hydrogens is 406 g/mol. The molecule has 162 valence electrons. The van der Waals surface area contributed by atoms with E-state index in [-0.39, 0.29) is 24.4 Å². The number of para-hydroxylation sites is 2. The maximum absolute atomic E-state index is 13.2. The molecule has 2 saturated heterocycles. The van der Waals surface area contributed by atoms with Gasteiger partial charge in [0.2, 0.25) is 15.9 Å². The van der Waals surface area contributed by atoms with E-state index in [1.807, 2.05) is 29.2 Å². The summed E-state index contributed by atoms with van der Waals surface area (Å²) >= 11 is 0. The molecule has 0 spiro atoms. The largest absolute Gasteiger partial charge is 0.352 e. The molecule has 9 nitrogen and oxygen atoms in total. The number of piperazine rings is 1. The minimum atomic E-state index is -3.23. The van der Waals surface area contributed by atoms with E-state index in [1.165, 1.54) is 10.6 Å². The summed E-state index contributed by atoms with van der Waals surface area (Å²) in [6, 6.07) is 7.50. The molecule has 10 heteroatoms. The first-order valence-electron chi connectivity index (χ1n) is 10.3. The summed E-state index contributed by atoms with van der Waals surface area (Å²) in [5.41, 5.74) is 1.30. The van der Waals surface area contributed by atoms with E-state index < -0.39 is 10.0 Å². The number of amides is 1. The van der Waals surface area contributed by atoms with Gasteiger partial charge in [-0.1, -0.05) is 12.1 Å². The molecule has 2 aliphatic rings. The number of carbonyl (C=O) groups is 1. The van der Waals surface area contributed by atoms with Crippen LogP contribution >= 0.6 is 0 Å². The maximum Gasteiger partial charge on any atom is 0.294 e. The van der Waals surface area contributed by atoms with Crippen LogP contribution in [0.2, 0.25) is 0 Å². The lowest BCUT2D eigenvalue weighted by Gasteiger charge is -2.33. The van der Waals surface area contributed by atoms with Crippen molar-refractivity contribution in [2.24, 2.45) is 0 Å². The van der Waals surface area contributed by atoms with Crippen molar-refractivity contribution in [3.05, 3.63) is 34.6 Å². The molecule has 0 atom stereocenters. The van der Waals surface area contributed by atoms with Gasteiger partial charge in [-0.3, -0.25) is 9.59 Å². The Hall–Kier alpha value is -2.46. The van der Waals surface area contributed by atoms with Crippen LogP contribution in [0.5, 0.6) is 0 Å². The fraction of sp³-hybridized carbons (Fsp3) is 0.550. The average molecular weight is 434 g/mol. The predicted octanol–water partition coefficient (Wildman–Crippen LogP) is 0.491. The number of hydrogen-bond acceptors (Lipinski definition) is 6. The topological polar surface area (TPSA) is 95.8 Å². The van der Waals surface area contributed by atoms with Gasteiger partial charge >= 0.3 is 0 Å². The molecular formula is C20H27N5O4S. The van der Waals surface area contributed by atoms with Gasteiger partial charge in [0.1, 0.15) is 0 Å². The Kier molecular flexibility index (Phi) is 5.79. The highest BCUT2D eigenvalue weighted by Crippen LogP contribution is 2.19. The van der Waals surface area contributed by atoms with Crippen molar-refractivity contribution in [2.75, 3.05) is 50.4 Å². The zero-order chi connectivity index (χ0) is 21.3. The number of sulfonamides is 1. The van der Waals surface area contributed by atoms with Crippen molar-refractivity contribution in [1.82, 2.24) is 18.8 Å². The van der Waals surface area contributed by atoms with E-state index in [9.17, 15) is 18.0 Å². The summed E-state index contributed by atoms with van der Waals surface area (Å²) in [7, 11) is -3.23. The highest BCUT2D eigenvalue weighted by atomic mass is 32.2. The van der Waals surface area contributed by atoms with Gasteiger partial charge in [0, 0.05) is 52.2 Å². The van der Waals surface area contributed by atoms with Crippen LogP contribution in [-0.2, 0) is 21.4 Å². The number of carbonyl (C=O) groups excluding carboxylic acids is 1. The molecule has 0 radical (unpaired) electrons. The van der Waals surface area contributed by atoms with Gasteiger partial charge in [-0.05, 0) is 25.0 Å². The summed E-state index contributed by atoms with van der Waals surface area (Å²) in [5.74, 6) is 0.388. The SMILES string of the molecule is CS(=O)(=O)N1CCN(C(=O)CCn2c(=O)c(N3CCCC3)nc3ccccc32)CC1. The highest BCUT2D eigenvalue weighted by molar-refractivity contribution is 7.88. The third kappa shape index (κ3) is 4.20. The number of anilines is 1. The second-order valence-corrected chi connectivity index (χ2v) is 9.85. The second-order valence-electron chi connectivity index (χ2n) is 7.87. The molecule has 1 aromatic heterocycles. The number of aromatic nitrogens is 2. The summed E-state index contributed by atoms with van der Waals surface area (Å²) in [6.07, 6.45) is 3.47. The van der Waals surface area contributed by atoms with Gasteiger partial charge in [0.25, 0.3) is 5.56 Å². The first-order valence-corrected chi connectivity index (χ1v) is 12.2. The van der Waals surface area contributed by atoms with Crippen molar-refractivity contribution in [3.8, 4) is 0 Å². The van der Waals surface area contributed by atoms with E-state index in [2.05, 4.69) is 4.98 Å². The van der Waals surface area contributed by atoms with Gasteiger partial charge in [-0.25, -0.2) is 13.4 Å². The van der Waals surface area contributed by atoms with Crippen molar-refractivity contribution < 1.29 is 13.2 Å². The fourth-order valence-corrected chi connectivity index (χ4v) is 5.00. The zero-order valence-electron chi connectivity index (χ0n) is 17.2. The molecule has 4 rings (SSSR count). The van der Waals surface area contributed by atoms with Gasteiger partial charge in [0.15, 0.2) is 5.82 Å². The van der Waals surface area contributed by atoms with Crippen LogP contribution < -0.4 is 10.5 Å². The third-order valence-corrected chi connectivity index (χ3v) is 7.15. The summed E-state index contributed by atoms with van der Waals surface area (Å²) in [6.45, 7) is 3.28.